The molecule has 2 bridgehead atoms. The van der Waals surface area contributed by atoms with Gasteiger partial charge in [-0.1, -0.05) is 0 Å². The number of aromatic nitrogens is 5. The van der Waals surface area contributed by atoms with Gasteiger partial charge in [0.25, 0.3) is 5.91 Å². The van der Waals surface area contributed by atoms with E-state index in [1.807, 2.05) is 36.0 Å². The third-order valence-electron chi connectivity index (χ3n) is 8.01. The van der Waals surface area contributed by atoms with Crippen molar-refractivity contribution in [2.75, 3.05) is 29.9 Å². The number of ether oxygens (including phenoxy) is 1. The number of rotatable bonds is 2. The third-order valence-corrected chi connectivity index (χ3v) is 8.01. The molecular formula is C29H33N7O3. The normalized spacial score (nSPS) is 21.7. The first-order valence-electron chi connectivity index (χ1n) is 13.9. The number of imidazole rings is 1. The molecule has 2 N–H and O–H groups in total. The second-order valence-corrected chi connectivity index (χ2v) is 11.1. The fourth-order valence-electron chi connectivity index (χ4n) is 5.83. The van der Waals surface area contributed by atoms with Crippen LogP contribution in [0.3, 0.4) is 0 Å². The van der Waals surface area contributed by atoms with Crippen LogP contribution in [-0.2, 0) is 0 Å². The number of nitrogens with one attached hydrogen (secondary N) is 1. The average molecular weight is 528 g/mol. The molecule has 10 nitrogen and oxygen atoms in total. The summed E-state index contributed by atoms with van der Waals surface area (Å²) < 4.78 is 10.5. The molecule has 1 aliphatic carbocycles. The molecule has 202 valence electrons. The molecule has 1 saturated carbocycles. The van der Waals surface area contributed by atoms with Gasteiger partial charge in [0.15, 0.2) is 0 Å². The van der Waals surface area contributed by atoms with Crippen LogP contribution in [-0.4, -0.2) is 61.1 Å². The van der Waals surface area contributed by atoms with Crippen molar-refractivity contribution in [3.8, 4) is 17.1 Å². The van der Waals surface area contributed by atoms with E-state index in [1.165, 1.54) is 0 Å². The molecule has 10 heteroatoms. The Morgan fingerprint density at radius 1 is 1.10 bits per heavy atom. The van der Waals surface area contributed by atoms with Crippen LogP contribution in [0.1, 0.15) is 67.2 Å². The van der Waals surface area contributed by atoms with E-state index in [0.717, 1.165) is 72.5 Å². The van der Waals surface area contributed by atoms with Crippen LogP contribution in [0.4, 0.5) is 11.6 Å². The van der Waals surface area contributed by atoms with Crippen molar-refractivity contribution in [3.05, 3.63) is 47.8 Å². The van der Waals surface area contributed by atoms with Crippen LogP contribution in [0.25, 0.3) is 22.3 Å². The van der Waals surface area contributed by atoms with Gasteiger partial charge in [-0.15, -0.1) is 0 Å². The highest BCUT2D eigenvalue weighted by Crippen LogP contribution is 2.41. The van der Waals surface area contributed by atoms with Crippen molar-refractivity contribution in [2.45, 2.75) is 64.1 Å². The van der Waals surface area contributed by atoms with Gasteiger partial charge >= 0.3 is 0 Å². The number of carbonyl (C=O) groups is 1. The molecule has 1 saturated heterocycles. The lowest BCUT2D eigenvalue weighted by molar-refractivity contribution is 0.102. The minimum atomic E-state index is -0.302. The minimum Gasteiger partial charge on any atom is -0.477 e. The highest BCUT2D eigenvalue weighted by atomic mass is 16.5. The number of hydrogen-bond donors (Lipinski definition) is 2. The summed E-state index contributed by atoms with van der Waals surface area (Å²) in [6.07, 6.45) is 6.13. The lowest BCUT2D eigenvalue weighted by Gasteiger charge is -2.21. The maximum absolute atomic E-state index is 13.6. The first-order chi connectivity index (χ1) is 18.9. The average Bonchev–Trinajstić information content (AvgIpc) is 3.35. The lowest BCUT2D eigenvalue weighted by atomic mass is 10.1. The lowest BCUT2D eigenvalue weighted by Crippen LogP contribution is -2.21. The second kappa shape index (κ2) is 9.37. The molecule has 2 aliphatic heterocycles. The summed E-state index contributed by atoms with van der Waals surface area (Å²) >= 11 is 0. The van der Waals surface area contributed by atoms with E-state index >= 15 is 0 Å². The molecular weight excluding hydrogens is 494 g/mol. The summed E-state index contributed by atoms with van der Waals surface area (Å²) in [5.74, 6) is 1.03. The summed E-state index contributed by atoms with van der Waals surface area (Å²) in [5.41, 5.74) is 5.59. The SMILES string of the molecule is Cc1cc2cc(n1)-c1cnn(C3CC3)c1OCCC[C@@H](C)n1c(nc3ccc(N4CC[C@H](O)C4)cc31)NC2=O. The summed E-state index contributed by atoms with van der Waals surface area (Å²) in [6.45, 7) is 6.05. The Morgan fingerprint density at radius 2 is 1.97 bits per heavy atom. The topological polar surface area (TPSA) is 110 Å². The zero-order valence-corrected chi connectivity index (χ0v) is 22.3. The van der Waals surface area contributed by atoms with E-state index in [1.54, 1.807) is 6.07 Å². The number of β-amino-alcohol motifs (C(OH)–C–C–N with tert-alkyl or cyclic N) is 1. The maximum Gasteiger partial charge on any atom is 0.258 e. The fraction of sp³-hybridized carbons (Fsp3) is 0.448. The fourth-order valence-corrected chi connectivity index (χ4v) is 5.83. The summed E-state index contributed by atoms with van der Waals surface area (Å²) in [7, 11) is 0. The standard InChI is InChI=1S/C29H33N7O3/c1-17-12-19-13-25(31-17)23-15-30-36(20-5-6-20)28(23)39-11-3-4-18(2)35-26-14-21(34-10-9-22(37)16-34)7-8-24(26)32-29(35)33-27(19)38/h7-8,12-15,18,20,22,37H,3-6,9-11,16H2,1-2H3,(H,32,33,38)/t18-,22+/m1/s1. The molecule has 2 atom stereocenters. The number of hydrogen-bond acceptors (Lipinski definition) is 7. The third kappa shape index (κ3) is 4.42. The summed E-state index contributed by atoms with van der Waals surface area (Å²) in [6, 6.07) is 10.2. The highest BCUT2D eigenvalue weighted by molar-refractivity contribution is 6.05. The van der Waals surface area contributed by atoms with Gasteiger partial charge in [0, 0.05) is 36.1 Å². The number of pyridine rings is 1. The van der Waals surface area contributed by atoms with Gasteiger partial charge < -0.3 is 19.3 Å². The minimum absolute atomic E-state index is 0.0683. The molecule has 4 aromatic rings. The van der Waals surface area contributed by atoms with Gasteiger partial charge in [0.05, 0.1) is 47.2 Å². The Balaban J connectivity index is 1.30. The molecule has 1 amide bonds. The van der Waals surface area contributed by atoms with Gasteiger partial charge in [0.1, 0.15) is 0 Å². The highest BCUT2D eigenvalue weighted by Gasteiger charge is 2.30. The van der Waals surface area contributed by atoms with Crippen molar-refractivity contribution in [3.63, 3.8) is 0 Å². The quantitative estimate of drug-likeness (QED) is 0.395. The number of fused-ring (bicyclic) bond motifs is 7. The zero-order chi connectivity index (χ0) is 26.7. The summed E-state index contributed by atoms with van der Waals surface area (Å²) in [5, 5.41) is 17.8. The molecule has 7 rings (SSSR count). The van der Waals surface area contributed by atoms with Crippen LogP contribution < -0.4 is 15.0 Å². The van der Waals surface area contributed by atoms with Gasteiger partial charge in [0.2, 0.25) is 11.8 Å². The molecule has 3 aromatic heterocycles. The molecule has 5 heterocycles. The predicted molar refractivity (Wildman–Crippen MR) is 148 cm³/mol. The number of aliphatic hydroxyl groups is 1. The van der Waals surface area contributed by atoms with Crippen LogP contribution in [0.5, 0.6) is 5.88 Å². The molecule has 0 radical (unpaired) electrons. The van der Waals surface area contributed by atoms with E-state index in [0.29, 0.717) is 36.4 Å². The summed E-state index contributed by atoms with van der Waals surface area (Å²) in [4.78, 5) is 25.4. The van der Waals surface area contributed by atoms with Crippen molar-refractivity contribution < 1.29 is 14.6 Å². The van der Waals surface area contributed by atoms with Gasteiger partial charge in [-0.05, 0) is 76.3 Å². The molecule has 1 aromatic carbocycles. The molecule has 0 unspecified atom stereocenters. The molecule has 2 fully saturated rings. The molecule has 0 spiro atoms. The van der Waals surface area contributed by atoms with Crippen LogP contribution in [0.15, 0.2) is 36.5 Å². The van der Waals surface area contributed by atoms with Crippen molar-refractivity contribution in [2.24, 2.45) is 0 Å². The van der Waals surface area contributed by atoms with E-state index < -0.39 is 0 Å². The van der Waals surface area contributed by atoms with Crippen molar-refractivity contribution in [1.29, 1.82) is 0 Å². The van der Waals surface area contributed by atoms with Crippen LogP contribution in [0.2, 0.25) is 0 Å². The van der Waals surface area contributed by atoms with E-state index in [9.17, 15) is 9.90 Å². The van der Waals surface area contributed by atoms with E-state index in [-0.39, 0.29) is 18.1 Å². The Labute approximate surface area is 226 Å². The molecule has 3 aliphatic rings. The maximum atomic E-state index is 13.6. The van der Waals surface area contributed by atoms with Gasteiger partial charge in [-0.2, -0.15) is 5.10 Å². The largest absolute Gasteiger partial charge is 0.477 e. The number of aryl methyl sites for hydroxylation is 1. The number of anilines is 2. The number of aliphatic hydroxyl groups excluding tert-OH is 1. The monoisotopic (exact) mass is 527 g/mol. The number of carbonyl (C=O) groups excluding carboxylic acids is 1. The molecule has 39 heavy (non-hydrogen) atoms. The van der Waals surface area contributed by atoms with Crippen LogP contribution >= 0.6 is 0 Å². The number of amides is 1. The zero-order valence-electron chi connectivity index (χ0n) is 22.3. The van der Waals surface area contributed by atoms with E-state index in [2.05, 4.69) is 32.9 Å². The Hall–Kier alpha value is -3.92. The Morgan fingerprint density at radius 3 is 2.77 bits per heavy atom. The van der Waals surface area contributed by atoms with Gasteiger partial charge in [-0.25, -0.2) is 9.67 Å². The Kier molecular flexibility index (Phi) is 5.80. The number of nitrogens with zero attached hydrogens (tertiary/aromatic N) is 6. The van der Waals surface area contributed by atoms with Crippen molar-refractivity contribution >= 4 is 28.6 Å². The smallest absolute Gasteiger partial charge is 0.258 e. The van der Waals surface area contributed by atoms with Crippen LogP contribution in [0, 0.1) is 6.92 Å². The Bertz CT molecular complexity index is 1570. The second-order valence-electron chi connectivity index (χ2n) is 11.1. The van der Waals surface area contributed by atoms with Gasteiger partial charge in [-0.3, -0.25) is 15.1 Å². The van der Waals surface area contributed by atoms with Crippen molar-refractivity contribution in [1.82, 2.24) is 24.3 Å². The first-order valence-corrected chi connectivity index (χ1v) is 13.9. The number of benzene rings is 1. The predicted octanol–water partition coefficient (Wildman–Crippen LogP) is 4.50. The first kappa shape index (κ1) is 24.1. The van der Waals surface area contributed by atoms with E-state index in [4.69, 9.17) is 14.7 Å².